The van der Waals surface area contributed by atoms with E-state index in [4.69, 9.17) is 0 Å². The highest BCUT2D eigenvalue weighted by Gasteiger charge is 2.41. The number of para-hydroxylation sites is 6. The van der Waals surface area contributed by atoms with Gasteiger partial charge in [-0.2, -0.15) is 10.5 Å². The average molecular weight is 710 g/mol. The van der Waals surface area contributed by atoms with Crippen molar-refractivity contribution < 1.29 is 0 Å². The Hall–Kier alpha value is -7.53. The first kappa shape index (κ1) is 33.1. The maximum absolute atomic E-state index is 10.9. The fourth-order valence-electron chi connectivity index (χ4n) is 9.06. The van der Waals surface area contributed by atoms with E-state index in [2.05, 4.69) is 186 Å². The second kappa shape index (κ2) is 13.7. The molecular weight excluding hydrogens is 678 g/mol. The highest BCUT2D eigenvalue weighted by molar-refractivity contribution is 7.11. The van der Waals surface area contributed by atoms with E-state index in [-0.39, 0.29) is 13.4 Å². The van der Waals surface area contributed by atoms with Gasteiger partial charge in [0.15, 0.2) is 0 Å². The smallest absolute Gasteiger partial charge is 0.242 e. The quantitative estimate of drug-likeness (QED) is 0.172. The zero-order valence-corrected chi connectivity index (χ0v) is 30.4. The molecule has 0 N–H and O–H groups in total. The molecule has 8 aromatic rings. The summed E-state index contributed by atoms with van der Waals surface area (Å²) in [5, 5.41) is 21.9. The summed E-state index contributed by atoms with van der Waals surface area (Å²) in [7, 11) is 0. The summed E-state index contributed by atoms with van der Waals surface area (Å²) >= 11 is 0. The minimum absolute atomic E-state index is 0.0453. The maximum atomic E-state index is 10.9. The van der Waals surface area contributed by atoms with Gasteiger partial charge in [-0.05, 0) is 59.6 Å². The summed E-state index contributed by atoms with van der Waals surface area (Å²) in [6.07, 6.45) is 0. The predicted molar refractivity (Wildman–Crippen MR) is 233 cm³/mol. The first-order valence-corrected chi connectivity index (χ1v) is 18.9. The molecule has 56 heavy (non-hydrogen) atoms. The van der Waals surface area contributed by atoms with Crippen molar-refractivity contribution >= 4 is 80.3 Å². The molecule has 6 heteroatoms. The van der Waals surface area contributed by atoms with E-state index in [1.165, 1.54) is 27.3 Å². The van der Waals surface area contributed by atoms with Gasteiger partial charge in [0, 0.05) is 16.8 Å². The largest absolute Gasteiger partial charge is 0.306 e. The first-order valence-electron chi connectivity index (χ1n) is 18.9. The molecule has 2 aliphatic heterocycles. The summed E-state index contributed by atoms with van der Waals surface area (Å²) in [5.41, 5.74) is 15.7. The molecule has 0 amide bonds. The van der Waals surface area contributed by atoms with Crippen LogP contribution in [0.4, 0.5) is 34.1 Å². The lowest BCUT2D eigenvalue weighted by Crippen LogP contribution is -2.75. The molecule has 2 aliphatic rings. The Morgan fingerprint density at radius 3 is 1.32 bits per heavy atom. The number of hydrogen-bond donors (Lipinski definition) is 0. The van der Waals surface area contributed by atoms with E-state index in [9.17, 15) is 10.5 Å². The van der Waals surface area contributed by atoms with E-state index < -0.39 is 0 Å². The van der Waals surface area contributed by atoms with Crippen molar-refractivity contribution in [2.45, 2.75) is 0 Å². The summed E-state index contributed by atoms with van der Waals surface area (Å²) in [5.74, 6) is 0. The van der Waals surface area contributed by atoms with Gasteiger partial charge in [-0.15, -0.1) is 0 Å². The van der Waals surface area contributed by atoms with Crippen molar-refractivity contribution in [1.82, 2.24) is 0 Å². The van der Waals surface area contributed by atoms with Crippen LogP contribution in [-0.4, -0.2) is 13.4 Å². The number of nitriles is 2. The van der Waals surface area contributed by atoms with Crippen LogP contribution in [0.25, 0.3) is 11.1 Å². The lowest BCUT2D eigenvalue weighted by atomic mass is 9.20. The fraction of sp³-hybridized carbons (Fsp3) is 0. The van der Waals surface area contributed by atoms with Gasteiger partial charge in [0.25, 0.3) is 0 Å². The Kier molecular flexibility index (Phi) is 8.10. The van der Waals surface area contributed by atoms with Gasteiger partial charge in [0.1, 0.15) is 6.07 Å². The lowest BCUT2D eigenvalue weighted by molar-refractivity contribution is 1.17. The molecule has 0 bridgehead atoms. The number of fused-ring (bicyclic) bond motifs is 4. The summed E-state index contributed by atoms with van der Waals surface area (Å²) in [6, 6.07) is 72.4. The van der Waals surface area contributed by atoms with E-state index in [1.807, 2.05) is 30.3 Å². The van der Waals surface area contributed by atoms with Crippen LogP contribution >= 0.6 is 0 Å². The second-order valence-corrected chi connectivity index (χ2v) is 14.2. The van der Waals surface area contributed by atoms with Crippen LogP contribution in [0.2, 0.25) is 0 Å². The van der Waals surface area contributed by atoms with Gasteiger partial charge in [0.2, 0.25) is 13.4 Å². The number of hydrogen-bond acceptors (Lipinski definition) is 4. The summed E-state index contributed by atoms with van der Waals surface area (Å²) < 4.78 is 0. The van der Waals surface area contributed by atoms with Crippen LogP contribution in [-0.2, 0) is 0 Å². The topological polar surface area (TPSA) is 54.1 Å². The number of benzene rings is 8. The Balaban J connectivity index is 1.25. The molecule has 8 aromatic carbocycles. The Labute approximate surface area is 327 Å². The fourth-order valence-corrected chi connectivity index (χ4v) is 9.06. The second-order valence-electron chi connectivity index (χ2n) is 14.2. The van der Waals surface area contributed by atoms with Gasteiger partial charge in [-0.3, -0.25) is 0 Å². The Bertz CT molecular complexity index is 2580. The van der Waals surface area contributed by atoms with Gasteiger partial charge < -0.3 is 9.80 Å². The normalized spacial score (nSPS) is 12.5. The minimum atomic E-state index is -0.235. The van der Waals surface area contributed by atoms with Crippen LogP contribution in [0.15, 0.2) is 194 Å². The average Bonchev–Trinajstić information content (AvgIpc) is 3.27. The number of anilines is 6. The molecule has 2 heterocycles. The molecule has 0 radical (unpaired) electrons. The summed E-state index contributed by atoms with van der Waals surface area (Å²) in [4.78, 5) is 4.53. The van der Waals surface area contributed by atoms with Gasteiger partial charge >= 0.3 is 0 Å². The van der Waals surface area contributed by atoms with Gasteiger partial charge in [0.05, 0.1) is 40.1 Å². The lowest BCUT2D eigenvalue weighted by Gasteiger charge is -2.41. The van der Waals surface area contributed by atoms with Crippen LogP contribution in [0.1, 0.15) is 11.1 Å². The molecule has 258 valence electrons. The van der Waals surface area contributed by atoms with Crippen molar-refractivity contribution in [3.05, 3.63) is 205 Å². The molecule has 0 spiro atoms. The standard InChI is InChI=1S/C50H32B2N4/c53-33-35-17-15-23-39(49(35)52-43-27-9-7-25-41(43)51(37-19-3-1-4-20-37)42-26-8-10-28-44(42)52)40-24-16-18-36(34-54)50(40)56-47-31-13-11-29-45(47)55(38-21-5-2-6-22-38)46-30-12-14-32-48(46)56/h1-32H. The third-order valence-corrected chi connectivity index (χ3v) is 11.3. The zero-order chi connectivity index (χ0) is 37.6. The molecule has 10 rings (SSSR count). The molecule has 4 nitrogen and oxygen atoms in total. The van der Waals surface area contributed by atoms with E-state index in [0.29, 0.717) is 11.1 Å². The highest BCUT2D eigenvalue weighted by Crippen LogP contribution is 2.55. The molecule has 0 aliphatic carbocycles. The Morgan fingerprint density at radius 1 is 0.357 bits per heavy atom. The highest BCUT2D eigenvalue weighted by atomic mass is 15.3. The number of rotatable bonds is 5. The van der Waals surface area contributed by atoms with E-state index in [0.717, 1.165) is 50.7 Å². The monoisotopic (exact) mass is 710 g/mol. The first-order chi connectivity index (χ1) is 27.8. The molecular formula is C50H32B2N4. The van der Waals surface area contributed by atoms with Gasteiger partial charge in [-0.25, -0.2) is 0 Å². The number of nitrogens with zero attached hydrogens (tertiary/aromatic N) is 4. The molecule has 0 saturated heterocycles. The van der Waals surface area contributed by atoms with Crippen LogP contribution < -0.4 is 42.6 Å². The molecule has 0 atom stereocenters. The van der Waals surface area contributed by atoms with Crippen molar-refractivity contribution in [3.8, 4) is 23.3 Å². The van der Waals surface area contributed by atoms with E-state index in [1.54, 1.807) is 0 Å². The Morgan fingerprint density at radius 2 is 0.786 bits per heavy atom. The van der Waals surface area contributed by atoms with Crippen LogP contribution in [0, 0.1) is 22.7 Å². The van der Waals surface area contributed by atoms with Crippen LogP contribution in [0.5, 0.6) is 0 Å². The van der Waals surface area contributed by atoms with Crippen LogP contribution in [0.3, 0.4) is 0 Å². The zero-order valence-electron chi connectivity index (χ0n) is 30.4. The van der Waals surface area contributed by atoms with Crippen molar-refractivity contribution in [2.75, 3.05) is 9.80 Å². The van der Waals surface area contributed by atoms with Crippen molar-refractivity contribution in [1.29, 1.82) is 10.5 Å². The molecule has 0 saturated carbocycles. The third-order valence-electron chi connectivity index (χ3n) is 11.3. The molecule has 0 aromatic heterocycles. The molecule has 0 unspecified atom stereocenters. The SMILES string of the molecule is N#Cc1cccc(-c2cccc(C#N)c2N2c3ccccc3N(c3ccccc3)c3ccccc32)c1B1c2ccccc2B(c2ccccc2)c2ccccc21. The van der Waals surface area contributed by atoms with Crippen molar-refractivity contribution in [2.24, 2.45) is 0 Å². The third kappa shape index (κ3) is 5.16. The predicted octanol–water partition coefficient (Wildman–Crippen LogP) is 7.70. The molecule has 0 fully saturated rings. The van der Waals surface area contributed by atoms with E-state index >= 15 is 0 Å². The maximum Gasteiger partial charge on any atom is 0.242 e. The van der Waals surface area contributed by atoms with Gasteiger partial charge in [-0.1, -0.05) is 173 Å². The van der Waals surface area contributed by atoms with Crippen molar-refractivity contribution in [3.63, 3.8) is 0 Å². The minimum Gasteiger partial charge on any atom is -0.306 e. The summed E-state index contributed by atoms with van der Waals surface area (Å²) in [6.45, 7) is -0.190.